The third-order valence-electron chi connectivity index (χ3n) is 2.75. The van der Waals surface area contributed by atoms with Crippen LogP contribution in [-0.2, 0) is 6.61 Å². The summed E-state index contributed by atoms with van der Waals surface area (Å²) < 4.78 is 8.55. The summed E-state index contributed by atoms with van der Waals surface area (Å²) in [4.78, 5) is 0.808. The fourth-order valence-electron chi connectivity index (χ4n) is 1.77. The lowest BCUT2D eigenvalue weighted by Gasteiger charge is -2.03. The van der Waals surface area contributed by atoms with Gasteiger partial charge in [-0.3, -0.25) is 0 Å². The molecular weight excluding hydrogens is 340 g/mol. The van der Waals surface area contributed by atoms with Crippen LogP contribution in [0.15, 0.2) is 28.7 Å². The van der Waals surface area contributed by atoms with Gasteiger partial charge >= 0.3 is 0 Å². The molecule has 0 aliphatic heterocycles. The topological polar surface area (TPSA) is 52.3 Å². The van der Waals surface area contributed by atoms with Gasteiger partial charge in [0.15, 0.2) is 10.8 Å². The van der Waals surface area contributed by atoms with Crippen LogP contribution in [0.3, 0.4) is 0 Å². The summed E-state index contributed by atoms with van der Waals surface area (Å²) >= 11 is 4.90. The zero-order chi connectivity index (χ0) is 14.1. The van der Waals surface area contributed by atoms with Crippen LogP contribution in [0.2, 0.25) is 0 Å². The number of hydrogen-bond acceptors (Lipinski definition) is 5. The molecule has 0 amide bonds. The summed E-state index contributed by atoms with van der Waals surface area (Å²) in [6.07, 6.45) is 0. The molecule has 0 aliphatic rings. The lowest BCUT2D eigenvalue weighted by atomic mass is 10.2. The Labute approximate surface area is 128 Å². The number of benzene rings is 1. The normalized spacial score (nSPS) is 11.4. The van der Waals surface area contributed by atoms with Crippen LogP contribution in [0.25, 0.3) is 4.96 Å². The first-order chi connectivity index (χ1) is 9.63. The molecule has 0 saturated carbocycles. The van der Waals surface area contributed by atoms with Gasteiger partial charge < -0.3 is 4.74 Å². The minimum Gasteiger partial charge on any atom is -0.486 e. The maximum Gasteiger partial charge on any atom is 0.234 e. The Kier molecular flexibility index (Phi) is 3.71. The molecule has 0 N–H and O–H groups in total. The first-order valence-corrected chi connectivity index (χ1v) is 7.84. The molecule has 0 bridgehead atoms. The van der Waals surface area contributed by atoms with Crippen molar-refractivity contribution in [3.63, 3.8) is 0 Å². The summed E-state index contributed by atoms with van der Waals surface area (Å²) in [6.45, 7) is 4.59. The van der Waals surface area contributed by atoms with Crippen molar-refractivity contribution in [3.05, 3.63) is 39.6 Å². The van der Waals surface area contributed by atoms with Crippen molar-refractivity contribution in [2.45, 2.75) is 26.4 Å². The Bertz CT molecular complexity index is 720. The smallest absolute Gasteiger partial charge is 0.234 e. The molecule has 2 aromatic heterocycles. The third-order valence-corrected chi connectivity index (χ3v) is 4.15. The highest BCUT2D eigenvalue weighted by Crippen LogP contribution is 2.21. The van der Waals surface area contributed by atoms with Gasteiger partial charge in [0.25, 0.3) is 0 Å². The van der Waals surface area contributed by atoms with Crippen molar-refractivity contribution < 1.29 is 4.74 Å². The Morgan fingerprint density at radius 3 is 2.70 bits per heavy atom. The zero-order valence-corrected chi connectivity index (χ0v) is 13.5. The Hall–Kier alpha value is -1.47. The lowest BCUT2D eigenvalue weighted by Crippen LogP contribution is -2.00. The molecule has 0 atom stereocenters. The van der Waals surface area contributed by atoms with Crippen molar-refractivity contribution in [2.24, 2.45) is 0 Å². The molecule has 3 rings (SSSR count). The van der Waals surface area contributed by atoms with Crippen LogP contribution < -0.4 is 4.74 Å². The number of ether oxygens (including phenoxy) is 1. The fourth-order valence-corrected chi connectivity index (χ4v) is 2.78. The first kappa shape index (κ1) is 13.5. The van der Waals surface area contributed by atoms with E-state index in [-0.39, 0.29) is 0 Å². The molecule has 5 nitrogen and oxygen atoms in total. The molecule has 104 valence electrons. The minimum atomic E-state index is 0.298. The molecule has 1 aromatic carbocycles. The average molecular weight is 353 g/mol. The summed E-state index contributed by atoms with van der Waals surface area (Å²) in [6, 6.07) is 7.74. The zero-order valence-electron chi connectivity index (χ0n) is 11.1. The second kappa shape index (κ2) is 5.49. The average Bonchev–Trinajstić information content (AvgIpc) is 2.97. The van der Waals surface area contributed by atoms with Crippen LogP contribution in [0.4, 0.5) is 0 Å². The number of nitrogens with zero attached hydrogens (tertiary/aromatic N) is 4. The van der Waals surface area contributed by atoms with Crippen molar-refractivity contribution in [2.75, 3.05) is 0 Å². The number of rotatable bonds is 4. The second-order valence-electron chi connectivity index (χ2n) is 4.65. The van der Waals surface area contributed by atoms with Gasteiger partial charge in [0.05, 0.1) is 0 Å². The van der Waals surface area contributed by atoms with Crippen LogP contribution in [0.1, 0.15) is 30.6 Å². The molecular formula is C13H13BrN4OS. The highest BCUT2D eigenvalue weighted by atomic mass is 79.9. The van der Waals surface area contributed by atoms with Gasteiger partial charge in [-0.15, -0.1) is 10.2 Å². The maximum atomic E-state index is 5.71. The third kappa shape index (κ3) is 2.69. The highest BCUT2D eigenvalue weighted by molar-refractivity contribution is 9.10. The van der Waals surface area contributed by atoms with Gasteiger partial charge in [-0.05, 0) is 24.3 Å². The van der Waals surface area contributed by atoms with Crippen molar-refractivity contribution in [1.29, 1.82) is 0 Å². The van der Waals surface area contributed by atoms with Gasteiger partial charge in [0, 0.05) is 10.4 Å². The summed E-state index contributed by atoms with van der Waals surface area (Å²) in [5.74, 6) is 2.00. The number of halogens is 1. The summed E-state index contributed by atoms with van der Waals surface area (Å²) in [5.41, 5.74) is 0. The van der Waals surface area contributed by atoms with Crippen molar-refractivity contribution >= 4 is 32.2 Å². The van der Waals surface area contributed by atoms with E-state index >= 15 is 0 Å². The van der Waals surface area contributed by atoms with E-state index in [1.165, 1.54) is 11.3 Å². The number of hydrogen-bond donors (Lipinski definition) is 0. The molecule has 0 saturated heterocycles. The largest absolute Gasteiger partial charge is 0.486 e. The molecule has 0 spiro atoms. The van der Waals surface area contributed by atoms with Crippen LogP contribution in [-0.4, -0.2) is 19.8 Å². The molecule has 0 aliphatic carbocycles. The van der Waals surface area contributed by atoms with E-state index in [1.54, 1.807) is 4.52 Å². The van der Waals surface area contributed by atoms with Gasteiger partial charge in [-0.2, -0.15) is 9.61 Å². The number of fused-ring (bicyclic) bond motifs is 1. The van der Waals surface area contributed by atoms with E-state index in [2.05, 4.69) is 45.1 Å². The van der Waals surface area contributed by atoms with E-state index in [1.807, 2.05) is 24.3 Å². The quantitative estimate of drug-likeness (QED) is 0.719. The van der Waals surface area contributed by atoms with E-state index in [9.17, 15) is 0 Å². The van der Waals surface area contributed by atoms with E-state index < -0.39 is 0 Å². The SMILES string of the molecule is CC(C)c1nnc2sc(COc3ccc(Br)cc3)nn12. The van der Waals surface area contributed by atoms with E-state index in [4.69, 9.17) is 4.74 Å². The van der Waals surface area contributed by atoms with Gasteiger partial charge in [-0.1, -0.05) is 41.1 Å². The van der Waals surface area contributed by atoms with Crippen LogP contribution >= 0.6 is 27.3 Å². The molecule has 0 unspecified atom stereocenters. The monoisotopic (exact) mass is 352 g/mol. The van der Waals surface area contributed by atoms with E-state index in [0.29, 0.717) is 12.5 Å². The van der Waals surface area contributed by atoms with E-state index in [0.717, 1.165) is 26.0 Å². The van der Waals surface area contributed by atoms with Crippen molar-refractivity contribution in [1.82, 2.24) is 19.8 Å². The standard InChI is InChI=1S/C13H13BrN4OS/c1-8(2)12-15-16-13-18(12)17-11(20-13)7-19-10-5-3-9(14)4-6-10/h3-6,8H,7H2,1-2H3. The number of aromatic nitrogens is 4. The van der Waals surface area contributed by atoms with Crippen LogP contribution in [0.5, 0.6) is 5.75 Å². The molecule has 3 aromatic rings. The molecule has 0 fully saturated rings. The molecule has 7 heteroatoms. The van der Waals surface area contributed by atoms with Gasteiger partial charge in [0.1, 0.15) is 12.4 Å². The molecule has 2 heterocycles. The van der Waals surface area contributed by atoms with Crippen LogP contribution in [0, 0.1) is 0 Å². The first-order valence-electron chi connectivity index (χ1n) is 6.23. The van der Waals surface area contributed by atoms with Gasteiger partial charge in [-0.25, -0.2) is 0 Å². The summed E-state index contributed by atoms with van der Waals surface area (Å²) in [7, 11) is 0. The summed E-state index contributed by atoms with van der Waals surface area (Å²) in [5, 5.41) is 13.7. The van der Waals surface area contributed by atoms with Crippen molar-refractivity contribution in [3.8, 4) is 5.75 Å². The Morgan fingerprint density at radius 1 is 1.25 bits per heavy atom. The maximum absolute atomic E-state index is 5.71. The Morgan fingerprint density at radius 2 is 2.00 bits per heavy atom. The highest BCUT2D eigenvalue weighted by Gasteiger charge is 2.14. The predicted octanol–water partition coefficient (Wildman–Crippen LogP) is 3.65. The predicted molar refractivity (Wildman–Crippen MR) is 81.2 cm³/mol. The lowest BCUT2D eigenvalue weighted by molar-refractivity contribution is 0.304. The molecule has 20 heavy (non-hydrogen) atoms. The van der Waals surface area contributed by atoms with Gasteiger partial charge in [0.2, 0.25) is 4.96 Å². The Balaban J connectivity index is 1.76. The fraction of sp³-hybridized carbons (Fsp3) is 0.308. The minimum absolute atomic E-state index is 0.298. The second-order valence-corrected chi connectivity index (χ2v) is 6.60. The molecule has 0 radical (unpaired) electrons.